The molecule has 2 aliphatic rings. The topological polar surface area (TPSA) is 36.4 Å². The molecule has 4 heteroatoms. The van der Waals surface area contributed by atoms with Gasteiger partial charge in [-0.15, -0.1) is 0 Å². The largest absolute Gasteiger partial charge is 0.305 e. The molecule has 1 saturated heterocycles. The first-order valence-electron chi connectivity index (χ1n) is 12.4. The highest BCUT2D eigenvalue weighted by atomic mass is 16.2. The van der Waals surface area contributed by atoms with Crippen molar-refractivity contribution in [1.82, 2.24) is 9.88 Å². The lowest BCUT2D eigenvalue weighted by Crippen LogP contribution is -2.51. The summed E-state index contributed by atoms with van der Waals surface area (Å²) in [7, 11) is 0. The van der Waals surface area contributed by atoms with Crippen molar-refractivity contribution in [3.8, 4) is 0 Å². The van der Waals surface area contributed by atoms with E-state index in [1.54, 1.807) is 12.4 Å². The van der Waals surface area contributed by atoms with Gasteiger partial charge in [-0.25, -0.2) is 0 Å². The summed E-state index contributed by atoms with van der Waals surface area (Å²) in [6.07, 6.45) is 10.8. The van der Waals surface area contributed by atoms with E-state index in [9.17, 15) is 4.79 Å². The number of carbonyl (C=O) groups is 1. The number of benzene rings is 2. The minimum atomic E-state index is 0.0834. The van der Waals surface area contributed by atoms with Gasteiger partial charge in [0.1, 0.15) is 0 Å². The molecule has 0 unspecified atom stereocenters. The molecule has 1 aliphatic heterocycles. The third-order valence-corrected chi connectivity index (χ3v) is 7.47. The monoisotopic (exact) mass is 439 g/mol. The smallest absolute Gasteiger partial charge is 0.258 e. The number of piperidine rings is 1. The molecule has 0 spiro atoms. The van der Waals surface area contributed by atoms with Gasteiger partial charge in [0.05, 0.1) is 0 Å². The van der Waals surface area contributed by atoms with Crippen LogP contribution in [-0.2, 0) is 0 Å². The third-order valence-electron chi connectivity index (χ3n) is 7.47. The number of amides is 1. The van der Waals surface area contributed by atoms with E-state index in [1.165, 1.54) is 31.2 Å². The number of rotatable bonds is 5. The summed E-state index contributed by atoms with van der Waals surface area (Å²) in [6.45, 7) is 2.09. The Balaban J connectivity index is 1.33. The van der Waals surface area contributed by atoms with E-state index >= 15 is 0 Å². The second-order valence-corrected chi connectivity index (χ2v) is 9.38. The van der Waals surface area contributed by atoms with E-state index in [2.05, 4.69) is 40.2 Å². The number of hydrogen-bond donors (Lipinski definition) is 0. The Bertz CT molecular complexity index is 1020. The van der Waals surface area contributed by atoms with Gasteiger partial charge in [0.25, 0.3) is 5.91 Å². The maximum atomic E-state index is 13.6. The zero-order valence-corrected chi connectivity index (χ0v) is 19.2. The number of pyridine rings is 1. The number of carbonyl (C=O) groups excluding carboxylic acids is 1. The van der Waals surface area contributed by atoms with Crippen LogP contribution in [0.3, 0.4) is 0 Å². The fourth-order valence-electron chi connectivity index (χ4n) is 5.83. The Kier molecular flexibility index (Phi) is 6.82. The van der Waals surface area contributed by atoms with E-state index in [0.717, 1.165) is 37.2 Å². The lowest BCUT2D eigenvalue weighted by Gasteiger charge is -2.45. The lowest BCUT2D eigenvalue weighted by atomic mass is 9.78. The maximum Gasteiger partial charge on any atom is 0.258 e. The normalized spacial score (nSPS) is 22.1. The van der Waals surface area contributed by atoms with E-state index < -0.39 is 0 Å². The van der Waals surface area contributed by atoms with Crippen molar-refractivity contribution in [3.05, 3.63) is 96.3 Å². The van der Waals surface area contributed by atoms with Crippen molar-refractivity contribution >= 4 is 11.6 Å². The molecule has 1 amide bonds. The van der Waals surface area contributed by atoms with Crippen LogP contribution < -0.4 is 4.90 Å². The van der Waals surface area contributed by atoms with Crippen molar-refractivity contribution in [2.45, 2.75) is 56.5 Å². The lowest BCUT2D eigenvalue weighted by molar-refractivity contribution is 0.0895. The van der Waals surface area contributed by atoms with Crippen LogP contribution in [0.2, 0.25) is 0 Å². The van der Waals surface area contributed by atoms with E-state index in [4.69, 9.17) is 0 Å². The number of anilines is 1. The fourth-order valence-corrected chi connectivity index (χ4v) is 5.83. The van der Waals surface area contributed by atoms with Crippen molar-refractivity contribution in [2.24, 2.45) is 0 Å². The van der Waals surface area contributed by atoms with Crippen molar-refractivity contribution in [1.29, 1.82) is 0 Å². The minimum absolute atomic E-state index is 0.0834. The van der Waals surface area contributed by atoms with Crippen LogP contribution >= 0.6 is 0 Å². The summed E-state index contributed by atoms with van der Waals surface area (Å²) in [5.74, 6) is 0.707. The number of hydrogen-bond acceptors (Lipinski definition) is 3. The van der Waals surface area contributed by atoms with Crippen LogP contribution in [0.25, 0.3) is 0 Å². The van der Waals surface area contributed by atoms with Gasteiger partial charge in [-0.2, -0.15) is 0 Å². The van der Waals surface area contributed by atoms with Crippen LogP contribution in [0.1, 0.15) is 60.4 Å². The zero-order chi connectivity index (χ0) is 22.5. The molecule has 1 aliphatic carbocycles. The number of likely N-dealkylation sites (tertiary alicyclic amines) is 1. The summed E-state index contributed by atoms with van der Waals surface area (Å²) < 4.78 is 0. The van der Waals surface area contributed by atoms with E-state index in [-0.39, 0.29) is 11.9 Å². The molecule has 0 bridgehead atoms. The second-order valence-electron chi connectivity index (χ2n) is 9.38. The van der Waals surface area contributed by atoms with Gasteiger partial charge >= 0.3 is 0 Å². The molecule has 3 aromatic rings. The van der Waals surface area contributed by atoms with E-state index in [1.807, 2.05) is 47.4 Å². The Hall–Kier alpha value is -2.98. The molecule has 2 heterocycles. The zero-order valence-electron chi connectivity index (χ0n) is 19.2. The first-order valence-corrected chi connectivity index (χ1v) is 12.4. The first-order chi connectivity index (χ1) is 16.3. The Labute approximate surface area is 197 Å². The summed E-state index contributed by atoms with van der Waals surface area (Å²) >= 11 is 0. The average Bonchev–Trinajstić information content (AvgIpc) is 2.91. The average molecular weight is 440 g/mol. The van der Waals surface area contributed by atoms with Crippen molar-refractivity contribution in [2.75, 3.05) is 18.0 Å². The Morgan fingerprint density at radius 3 is 2.12 bits per heavy atom. The van der Waals surface area contributed by atoms with Crippen LogP contribution in [0.4, 0.5) is 5.69 Å². The summed E-state index contributed by atoms with van der Waals surface area (Å²) in [6, 6.07) is 25.5. The van der Waals surface area contributed by atoms with Crippen LogP contribution in [-0.4, -0.2) is 41.0 Å². The quantitative estimate of drug-likeness (QED) is 0.495. The molecule has 2 fully saturated rings. The predicted molar refractivity (Wildman–Crippen MR) is 134 cm³/mol. The first kappa shape index (κ1) is 21.8. The molecule has 2 atom stereocenters. The van der Waals surface area contributed by atoms with Crippen LogP contribution in [0.5, 0.6) is 0 Å². The summed E-state index contributed by atoms with van der Waals surface area (Å²) in [5.41, 5.74) is 3.17. The van der Waals surface area contributed by atoms with Gasteiger partial charge in [0.2, 0.25) is 0 Å². The van der Waals surface area contributed by atoms with E-state index in [0.29, 0.717) is 12.0 Å². The van der Waals surface area contributed by atoms with Gasteiger partial charge in [0, 0.05) is 48.8 Å². The highest BCUT2D eigenvalue weighted by Crippen LogP contribution is 2.38. The number of aromatic nitrogens is 1. The molecule has 170 valence electrons. The molecular formula is C29H33N3O. The van der Waals surface area contributed by atoms with Gasteiger partial charge in [-0.3, -0.25) is 14.7 Å². The maximum absolute atomic E-state index is 13.6. The summed E-state index contributed by atoms with van der Waals surface area (Å²) in [4.78, 5) is 22.5. The SMILES string of the molecule is O=C(c1ccccc1)N(c1ccncc1)C1CCN([C@@H]2CCCC[C@@H]2c2ccccc2)CC1. The molecule has 4 nitrogen and oxygen atoms in total. The molecule has 5 rings (SSSR count). The fraction of sp³-hybridized carbons (Fsp3) is 0.379. The number of nitrogens with zero attached hydrogens (tertiary/aromatic N) is 3. The van der Waals surface area contributed by atoms with Crippen molar-refractivity contribution < 1.29 is 4.79 Å². The molecule has 33 heavy (non-hydrogen) atoms. The second kappa shape index (κ2) is 10.3. The highest BCUT2D eigenvalue weighted by Gasteiger charge is 2.36. The Morgan fingerprint density at radius 1 is 0.788 bits per heavy atom. The van der Waals surface area contributed by atoms with Crippen molar-refractivity contribution in [3.63, 3.8) is 0 Å². The molecule has 2 aromatic carbocycles. The standard InChI is InChI=1S/C29H33N3O/c33-29(24-11-5-2-6-12-24)32(25-15-19-30-20-16-25)26-17-21-31(22-18-26)28-14-8-7-13-27(28)23-9-3-1-4-10-23/h1-6,9-12,15-16,19-20,26-28H,7-8,13-14,17-18,21-22H2/t27-,28-/m1/s1. The molecule has 1 saturated carbocycles. The van der Waals surface area contributed by atoms with Gasteiger partial charge in [-0.05, 0) is 61.4 Å². The van der Waals surface area contributed by atoms with Gasteiger partial charge < -0.3 is 4.90 Å². The van der Waals surface area contributed by atoms with Gasteiger partial charge in [-0.1, -0.05) is 61.4 Å². The third kappa shape index (κ3) is 4.86. The summed E-state index contributed by atoms with van der Waals surface area (Å²) in [5, 5.41) is 0. The molecule has 0 N–H and O–H groups in total. The highest BCUT2D eigenvalue weighted by molar-refractivity contribution is 6.06. The predicted octanol–water partition coefficient (Wildman–Crippen LogP) is 5.92. The Morgan fingerprint density at radius 2 is 1.42 bits per heavy atom. The molecular weight excluding hydrogens is 406 g/mol. The molecule has 0 radical (unpaired) electrons. The molecule has 1 aromatic heterocycles. The van der Waals surface area contributed by atoms with Crippen LogP contribution in [0.15, 0.2) is 85.2 Å². The minimum Gasteiger partial charge on any atom is -0.305 e. The van der Waals surface area contributed by atoms with Crippen LogP contribution in [0, 0.1) is 0 Å². The van der Waals surface area contributed by atoms with Gasteiger partial charge in [0.15, 0.2) is 0 Å².